The molecule has 138 valence electrons. The summed E-state index contributed by atoms with van der Waals surface area (Å²) in [4.78, 5) is 14.9. The van der Waals surface area contributed by atoms with Gasteiger partial charge in [0.15, 0.2) is 0 Å². The minimum Gasteiger partial charge on any atom is -0.310 e. The number of rotatable bonds is 4. The van der Waals surface area contributed by atoms with Gasteiger partial charge in [-0.2, -0.15) is 0 Å². The van der Waals surface area contributed by atoms with Gasteiger partial charge in [0.05, 0.1) is 11.9 Å². The molecule has 0 bridgehead atoms. The normalized spacial score (nSPS) is 15.3. The van der Waals surface area contributed by atoms with E-state index in [-0.39, 0.29) is 5.91 Å². The van der Waals surface area contributed by atoms with E-state index in [1.54, 1.807) is 36.1 Å². The Kier molecular flexibility index (Phi) is 5.25. The summed E-state index contributed by atoms with van der Waals surface area (Å²) in [6.45, 7) is 2.20. The SMILES string of the molecule is CC(C(=O)N1CCCc2ccccc21)N(c1ccc(Cl)cc1)S(C)(=O)=O. The molecule has 1 aliphatic heterocycles. The van der Waals surface area contributed by atoms with E-state index in [9.17, 15) is 13.2 Å². The summed E-state index contributed by atoms with van der Waals surface area (Å²) < 4.78 is 26.0. The van der Waals surface area contributed by atoms with E-state index >= 15 is 0 Å². The van der Waals surface area contributed by atoms with E-state index in [2.05, 4.69) is 0 Å². The Morgan fingerprint density at radius 3 is 2.46 bits per heavy atom. The lowest BCUT2D eigenvalue weighted by molar-refractivity contribution is -0.119. The van der Waals surface area contributed by atoms with E-state index < -0.39 is 16.1 Å². The average molecular weight is 393 g/mol. The van der Waals surface area contributed by atoms with Gasteiger partial charge in [0.1, 0.15) is 6.04 Å². The number of carbonyl (C=O) groups is 1. The van der Waals surface area contributed by atoms with Crippen molar-refractivity contribution in [2.24, 2.45) is 0 Å². The van der Waals surface area contributed by atoms with Crippen molar-refractivity contribution in [2.75, 3.05) is 22.0 Å². The molecule has 1 unspecified atom stereocenters. The lowest BCUT2D eigenvalue weighted by Gasteiger charge is -2.35. The number of nitrogens with zero attached hydrogens (tertiary/aromatic N) is 2. The highest BCUT2D eigenvalue weighted by molar-refractivity contribution is 7.92. The first-order valence-corrected chi connectivity index (χ1v) is 10.7. The van der Waals surface area contributed by atoms with Crippen LogP contribution in [0, 0.1) is 0 Å². The zero-order chi connectivity index (χ0) is 18.9. The molecule has 3 rings (SSSR count). The second kappa shape index (κ2) is 7.29. The fourth-order valence-electron chi connectivity index (χ4n) is 3.38. The number of fused-ring (bicyclic) bond motifs is 1. The highest BCUT2D eigenvalue weighted by atomic mass is 35.5. The van der Waals surface area contributed by atoms with E-state index in [0.717, 1.165) is 34.7 Å². The van der Waals surface area contributed by atoms with Gasteiger partial charge in [-0.05, 0) is 55.7 Å². The molecule has 0 saturated carbocycles. The number of benzene rings is 2. The second-order valence-electron chi connectivity index (χ2n) is 6.43. The van der Waals surface area contributed by atoms with E-state index in [0.29, 0.717) is 17.3 Å². The first kappa shape index (κ1) is 18.7. The minimum atomic E-state index is -3.65. The molecule has 2 aromatic carbocycles. The van der Waals surface area contributed by atoms with Gasteiger partial charge in [-0.1, -0.05) is 29.8 Å². The molecule has 26 heavy (non-hydrogen) atoms. The topological polar surface area (TPSA) is 57.7 Å². The summed E-state index contributed by atoms with van der Waals surface area (Å²) in [5, 5.41) is 0.506. The molecule has 0 spiro atoms. The van der Waals surface area contributed by atoms with Gasteiger partial charge in [-0.3, -0.25) is 9.10 Å². The van der Waals surface area contributed by atoms with Gasteiger partial charge in [0, 0.05) is 17.3 Å². The molecule has 7 heteroatoms. The summed E-state index contributed by atoms with van der Waals surface area (Å²) in [5.41, 5.74) is 2.39. The zero-order valence-corrected chi connectivity index (χ0v) is 16.3. The van der Waals surface area contributed by atoms with E-state index in [4.69, 9.17) is 11.6 Å². The van der Waals surface area contributed by atoms with Crippen LogP contribution in [0.2, 0.25) is 5.02 Å². The molecule has 0 aliphatic carbocycles. The molecular weight excluding hydrogens is 372 g/mol. The Hall–Kier alpha value is -2.05. The first-order valence-electron chi connectivity index (χ1n) is 8.43. The number of hydrogen-bond acceptors (Lipinski definition) is 3. The van der Waals surface area contributed by atoms with Gasteiger partial charge >= 0.3 is 0 Å². The van der Waals surface area contributed by atoms with Crippen LogP contribution in [0.1, 0.15) is 18.9 Å². The van der Waals surface area contributed by atoms with Gasteiger partial charge in [-0.25, -0.2) is 8.42 Å². The number of anilines is 2. The molecule has 1 heterocycles. The van der Waals surface area contributed by atoms with Crippen LogP contribution in [0.15, 0.2) is 48.5 Å². The fraction of sp³-hybridized carbons (Fsp3) is 0.316. The van der Waals surface area contributed by atoms with Crippen LogP contribution in [0.3, 0.4) is 0 Å². The van der Waals surface area contributed by atoms with Crippen molar-refractivity contribution in [2.45, 2.75) is 25.8 Å². The monoisotopic (exact) mass is 392 g/mol. The Morgan fingerprint density at radius 2 is 1.81 bits per heavy atom. The van der Waals surface area contributed by atoms with Crippen LogP contribution in [0.25, 0.3) is 0 Å². The first-order chi connectivity index (χ1) is 12.3. The van der Waals surface area contributed by atoms with Crippen molar-refractivity contribution >= 4 is 38.9 Å². The quantitative estimate of drug-likeness (QED) is 0.800. The molecule has 0 N–H and O–H groups in total. The molecular formula is C19H21ClN2O3S. The van der Waals surface area contributed by atoms with Crippen LogP contribution in [-0.2, 0) is 21.2 Å². The summed E-state index contributed by atoms with van der Waals surface area (Å²) in [7, 11) is -3.65. The van der Waals surface area contributed by atoms with Crippen molar-refractivity contribution in [1.29, 1.82) is 0 Å². The Bertz CT molecular complexity index is 913. The van der Waals surface area contributed by atoms with Crippen molar-refractivity contribution in [3.63, 3.8) is 0 Å². The minimum absolute atomic E-state index is 0.238. The largest absolute Gasteiger partial charge is 0.310 e. The maximum absolute atomic E-state index is 13.2. The fourth-order valence-corrected chi connectivity index (χ4v) is 4.67. The summed E-state index contributed by atoms with van der Waals surface area (Å²) in [6.07, 6.45) is 2.88. The molecule has 1 atom stereocenters. The van der Waals surface area contributed by atoms with Gasteiger partial charge in [0.2, 0.25) is 10.0 Å². The van der Waals surface area contributed by atoms with Crippen LogP contribution in [0.4, 0.5) is 11.4 Å². The van der Waals surface area contributed by atoms with Crippen molar-refractivity contribution < 1.29 is 13.2 Å². The predicted octanol–water partition coefficient (Wildman–Crippen LogP) is 3.47. The summed E-state index contributed by atoms with van der Waals surface area (Å²) in [5.74, 6) is -0.238. The number of carbonyl (C=O) groups excluding carboxylic acids is 1. The van der Waals surface area contributed by atoms with Crippen LogP contribution in [0.5, 0.6) is 0 Å². The summed E-state index contributed by atoms with van der Waals surface area (Å²) in [6, 6.07) is 13.3. The molecule has 1 aliphatic rings. The third kappa shape index (κ3) is 3.71. The van der Waals surface area contributed by atoms with Gasteiger partial charge in [-0.15, -0.1) is 0 Å². The molecule has 0 aromatic heterocycles. The van der Waals surface area contributed by atoms with E-state index in [1.807, 2.05) is 24.3 Å². The van der Waals surface area contributed by atoms with Crippen LogP contribution >= 0.6 is 11.6 Å². The predicted molar refractivity (Wildman–Crippen MR) is 105 cm³/mol. The maximum atomic E-state index is 13.2. The number of amides is 1. The standard InChI is InChI=1S/C19H21ClN2O3S/c1-14(22(26(2,24)25)17-11-9-16(20)10-12-17)19(23)21-13-5-7-15-6-3-4-8-18(15)21/h3-4,6,8-12,14H,5,7,13H2,1-2H3. The van der Waals surface area contributed by atoms with Gasteiger partial charge in [0.25, 0.3) is 5.91 Å². The van der Waals surface area contributed by atoms with Gasteiger partial charge < -0.3 is 4.90 Å². The Balaban J connectivity index is 1.96. The average Bonchev–Trinajstić information content (AvgIpc) is 2.61. The molecule has 5 nitrogen and oxygen atoms in total. The Morgan fingerprint density at radius 1 is 1.15 bits per heavy atom. The number of hydrogen-bond donors (Lipinski definition) is 0. The van der Waals surface area contributed by atoms with Crippen LogP contribution in [-0.4, -0.2) is 33.2 Å². The highest BCUT2D eigenvalue weighted by Gasteiger charge is 2.34. The highest BCUT2D eigenvalue weighted by Crippen LogP contribution is 2.29. The lowest BCUT2D eigenvalue weighted by atomic mass is 10.0. The third-order valence-corrected chi connectivity index (χ3v) is 6.02. The van der Waals surface area contributed by atoms with Crippen LogP contribution < -0.4 is 9.21 Å². The lowest BCUT2D eigenvalue weighted by Crippen LogP contribution is -2.50. The molecule has 1 amide bonds. The molecule has 0 fully saturated rings. The van der Waals surface area contributed by atoms with E-state index in [1.165, 1.54) is 0 Å². The molecule has 0 radical (unpaired) electrons. The molecule has 2 aromatic rings. The zero-order valence-electron chi connectivity index (χ0n) is 14.7. The van der Waals surface area contributed by atoms with Crippen molar-refractivity contribution in [1.82, 2.24) is 0 Å². The van der Waals surface area contributed by atoms with Crippen molar-refractivity contribution in [3.8, 4) is 0 Å². The summed E-state index contributed by atoms with van der Waals surface area (Å²) >= 11 is 5.91. The Labute approximate surface area is 159 Å². The number of halogens is 1. The molecule has 0 saturated heterocycles. The number of aryl methyl sites for hydroxylation is 1. The third-order valence-electron chi connectivity index (χ3n) is 4.52. The van der Waals surface area contributed by atoms with Crippen molar-refractivity contribution in [3.05, 3.63) is 59.1 Å². The second-order valence-corrected chi connectivity index (χ2v) is 8.73. The number of para-hydroxylation sites is 1. The number of sulfonamides is 1. The maximum Gasteiger partial charge on any atom is 0.250 e. The smallest absolute Gasteiger partial charge is 0.250 e.